The van der Waals surface area contributed by atoms with Crippen molar-refractivity contribution in [1.82, 2.24) is 9.88 Å². The predicted octanol–water partition coefficient (Wildman–Crippen LogP) is 2.34. The molecule has 0 aliphatic carbocycles. The zero-order valence-corrected chi connectivity index (χ0v) is 10.8. The third-order valence-electron chi connectivity index (χ3n) is 3.91. The number of pyridine rings is 1. The van der Waals surface area contributed by atoms with E-state index in [1.807, 2.05) is 18.5 Å². The molecule has 3 nitrogen and oxygen atoms in total. The largest absolute Gasteiger partial charge is 0.329 e. The molecule has 0 aromatic carbocycles. The van der Waals surface area contributed by atoms with E-state index in [0.29, 0.717) is 24.7 Å². The van der Waals surface area contributed by atoms with Gasteiger partial charge >= 0.3 is 0 Å². The SMILES string of the molecule is CC1CCCC(C)N1C(CN)c1cccnc1. The Bertz CT molecular complexity index is 329. The molecular weight excluding hydrogens is 210 g/mol. The molecule has 2 N–H and O–H groups in total. The Labute approximate surface area is 104 Å². The van der Waals surface area contributed by atoms with Crippen LogP contribution in [0.2, 0.25) is 0 Å². The maximum atomic E-state index is 5.99. The second-order valence-electron chi connectivity index (χ2n) is 5.11. The predicted molar refractivity (Wildman–Crippen MR) is 70.6 cm³/mol. The van der Waals surface area contributed by atoms with Crippen molar-refractivity contribution < 1.29 is 0 Å². The van der Waals surface area contributed by atoms with Crippen molar-refractivity contribution in [2.45, 2.75) is 51.2 Å². The van der Waals surface area contributed by atoms with Gasteiger partial charge < -0.3 is 5.73 Å². The van der Waals surface area contributed by atoms with Gasteiger partial charge in [0.2, 0.25) is 0 Å². The Kier molecular flexibility index (Phi) is 4.13. The minimum absolute atomic E-state index is 0.314. The van der Waals surface area contributed by atoms with Gasteiger partial charge in [-0.15, -0.1) is 0 Å². The average Bonchev–Trinajstić information content (AvgIpc) is 2.35. The summed E-state index contributed by atoms with van der Waals surface area (Å²) in [6.07, 6.45) is 7.66. The monoisotopic (exact) mass is 233 g/mol. The fourth-order valence-corrected chi connectivity index (χ4v) is 3.06. The van der Waals surface area contributed by atoms with Crippen molar-refractivity contribution in [2.24, 2.45) is 5.73 Å². The Morgan fingerprint density at radius 1 is 1.41 bits per heavy atom. The molecule has 3 unspecified atom stereocenters. The van der Waals surface area contributed by atoms with E-state index in [-0.39, 0.29) is 0 Å². The molecule has 0 saturated carbocycles. The molecule has 1 aliphatic rings. The van der Waals surface area contributed by atoms with E-state index in [2.05, 4.69) is 29.8 Å². The molecule has 0 radical (unpaired) electrons. The fraction of sp³-hybridized carbons (Fsp3) is 0.643. The highest BCUT2D eigenvalue weighted by molar-refractivity contribution is 5.15. The summed E-state index contributed by atoms with van der Waals surface area (Å²) < 4.78 is 0. The second-order valence-corrected chi connectivity index (χ2v) is 5.11. The van der Waals surface area contributed by atoms with E-state index < -0.39 is 0 Å². The van der Waals surface area contributed by atoms with Crippen LogP contribution in [0.25, 0.3) is 0 Å². The van der Waals surface area contributed by atoms with Gasteiger partial charge in [-0.1, -0.05) is 12.5 Å². The van der Waals surface area contributed by atoms with E-state index in [1.165, 1.54) is 24.8 Å². The van der Waals surface area contributed by atoms with Crippen molar-refractivity contribution in [3.63, 3.8) is 0 Å². The molecule has 1 fully saturated rings. The molecular formula is C14H23N3. The molecule has 1 aromatic heterocycles. The maximum absolute atomic E-state index is 5.99. The van der Waals surface area contributed by atoms with Gasteiger partial charge in [0, 0.05) is 37.1 Å². The number of likely N-dealkylation sites (tertiary alicyclic amines) is 1. The highest BCUT2D eigenvalue weighted by Gasteiger charge is 2.31. The van der Waals surface area contributed by atoms with E-state index >= 15 is 0 Å². The molecule has 3 heteroatoms. The first-order chi connectivity index (χ1) is 8.24. The van der Waals surface area contributed by atoms with Gasteiger partial charge in [-0.3, -0.25) is 9.88 Å². The Morgan fingerprint density at radius 3 is 2.65 bits per heavy atom. The lowest BCUT2D eigenvalue weighted by molar-refractivity contribution is 0.0576. The molecule has 1 aromatic rings. The molecule has 2 heterocycles. The number of nitrogens with zero attached hydrogens (tertiary/aromatic N) is 2. The van der Waals surface area contributed by atoms with Gasteiger partial charge in [0.15, 0.2) is 0 Å². The molecule has 0 bridgehead atoms. The summed E-state index contributed by atoms with van der Waals surface area (Å²) in [5, 5.41) is 0. The van der Waals surface area contributed by atoms with Crippen LogP contribution in [0, 0.1) is 0 Å². The maximum Gasteiger partial charge on any atom is 0.0491 e. The Hall–Kier alpha value is -0.930. The lowest BCUT2D eigenvalue weighted by atomic mass is 9.93. The highest BCUT2D eigenvalue weighted by atomic mass is 15.2. The molecule has 0 amide bonds. The van der Waals surface area contributed by atoms with Crippen LogP contribution in [0.1, 0.15) is 44.7 Å². The highest BCUT2D eigenvalue weighted by Crippen LogP contribution is 2.31. The zero-order valence-electron chi connectivity index (χ0n) is 10.8. The second kappa shape index (κ2) is 5.61. The number of piperidine rings is 1. The number of rotatable bonds is 3. The minimum Gasteiger partial charge on any atom is -0.329 e. The molecule has 0 spiro atoms. The number of nitrogens with two attached hydrogens (primary N) is 1. The van der Waals surface area contributed by atoms with E-state index in [9.17, 15) is 0 Å². The summed E-state index contributed by atoms with van der Waals surface area (Å²) in [5.41, 5.74) is 7.24. The van der Waals surface area contributed by atoms with Gasteiger partial charge in [0.05, 0.1) is 0 Å². The topological polar surface area (TPSA) is 42.1 Å². The van der Waals surface area contributed by atoms with Crippen LogP contribution in [-0.2, 0) is 0 Å². The van der Waals surface area contributed by atoms with Gasteiger partial charge in [0.25, 0.3) is 0 Å². The molecule has 3 atom stereocenters. The first-order valence-corrected chi connectivity index (χ1v) is 6.61. The molecule has 2 rings (SSSR count). The van der Waals surface area contributed by atoms with Crippen LogP contribution in [0.3, 0.4) is 0 Å². The minimum atomic E-state index is 0.314. The van der Waals surface area contributed by atoms with Gasteiger partial charge in [-0.05, 0) is 38.3 Å². The molecule has 1 saturated heterocycles. The molecule has 1 aliphatic heterocycles. The van der Waals surface area contributed by atoms with Crippen molar-refractivity contribution >= 4 is 0 Å². The summed E-state index contributed by atoms with van der Waals surface area (Å²) in [6, 6.07) is 5.68. The fourth-order valence-electron chi connectivity index (χ4n) is 3.06. The van der Waals surface area contributed by atoms with Crippen LogP contribution < -0.4 is 5.73 Å². The summed E-state index contributed by atoms with van der Waals surface area (Å²) in [4.78, 5) is 6.79. The normalized spacial score (nSPS) is 27.9. The standard InChI is InChI=1S/C14H23N3/c1-11-5-3-6-12(2)17(11)14(9-15)13-7-4-8-16-10-13/h4,7-8,10-12,14H,3,5-6,9,15H2,1-2H3. The van der Waals surface area contributed by atoms with E-state index in [4.69, 9.17) is 5.73 Å². The van der Waals surface area contributed by atoms with Crippen molar-refractivity contribution in [3.05, 3.63) is 30.1 Å². The Balaban J connectivity index is 2.22. The number of aromatic nitrogens is 1. The number of hydrogen-bond acceptors (Lipinski definition) is 3. The van der Waals surface area contributed by atoms with Crippen LogP contribution in [0.15, 0.2) is 24.5 Å². The van der Waals surface area contributed by atoms with Crippen molar-refractivity contribution in [3.8, 4) is 0 Å². The van der Waals surface area contributed by atoms with Crippen molar-refractivity contribution in [1.29, 1.82) is 0 Å². The van der Waals surface area contributed by atoms with Crippen molar-refractivity contribution in [2.75, 3.05) is 6.54 Å². The summed E-state index contributed by atoms with van der Waals surface area (Å²) >= 11 is 0. The third kappa shape index (κ3) is 2.67. The first-order valence-electron chi connectivity index (χ1n) is 6.61. The first kappa shape index (κ1) is 12.5. The lowest BCUT2D eigenvalue weighted by Gasteiger charge is -2.44. The van der Waals surface area contributed by atoms with Crippen LogP contribution in [0.4, 0.5) is 0 Å². The quantitative estimate of drug-likeness (QED) is 0.871. The van der Waals surface area contributed by atoms with Gasteiger partial charge in [-0.25, -0.2) is 0 Å². The van der Waals surface area contributed by atoms with E-state index in [0.717, 1.165) is 0 Å². The summed E-state index contributed by atoms with van der Waals surface area (Å²) in [6.45, 7) is 5.30. The number of hydrogen-bond donors (Lipinski definition) is 1. The van der Waals surface area contributed by atoms with Gasteiger partial charge in [-0.2, -0.15) is 0 Å². The lowest BCUT2D eigenvalue weighted by Crippen LogP contribution is -2.48. The van der Waals surface area contributed by atoms with Crippen LogP contribution >= 0.6 is 0 Å². The van der Waals surface area contributed by atoms with Crippen LogP contribution in [0.5, 0.6) is 0 Å². The van der Waals surface area contributed by atoms with Crippen LogP contribution in [-0.4, -0.2) is 28.5 Å². The third-order valence-corrected chi connectivity index (χ3v) is 3.91. The average molecular weight is 233 g/mol. The molecule has 94 valence electrons. The summed E-state index contributed by atoms with van der Waals surface area (Å²) in [5.74, 6) is 0. The zero-order chi connectivity index (χ0) is 12.3. The smallest absolute Gasteiger partial charge is 0.0491 e. The molecule has 17 heavy (non-hydrogen) atoms. The summed E-state index contributed by atoms with van der Waals surface area (Å²) in [7, 11) is 0. The van der Waals surface area contributed by atoms with Gasteiger partial charge in [0.1, 0.15) is 0 Å². The Morgan fingerprint density at radius 2 is 2.12 bits per heavy atom. The van der Waals surface area contributed by atoms with E-state index in [1.54, 1.807) is 0 Å².